The Morgan fingerprint density at radius 3 is 2.73 bits per heavy atom. The first-order chi connectivity index (χ1) is 14.5. The molecule has 9 nitrogen and oxygen atoms in total. The molecular weight excluding hydrogens is 395 g/mol. The lowest BCUT2D eigenvalue weighted by atomic mass is 10.1. The Morgan fingerprint density at radius 2 is 2.10 bits per heavy atom. The molecule has 2 aliphatic rings. The van der Waals surface area contributed by atoms with Crippen LogP contribution >= 0.6 is 0 Å². The number of nitro benzene ring substituents is 1. The van der Waals surface area contributed by atoms with E-state index in [0.29, 0.717) is 45.0 Å². The number of nitrogens with one attached hydrogen (secondary N) is 1. The first-order valence-corrected chi connectivity index (χ1v) is 9.94. The van der Waals surface area contributed by atoms with Crippen molar-refractivity contribution in [3.8, 4) is 0 Å². The largest absolute Gasteiger partial charge is 0.459 e. The van der Waals surface area contributed by atoms with Crippen molar-refractivity contribution in [1.29, 1.82) is 0 Å². The number of rotatable bonds is 6. The normalized spacial score (nSPS) is 19.2. The molecule has 0 spiro atoms. The summed E-state index contributed by atoms with van der Waals surface area (Å²) in [6, 6.07) is 5.68. The molecule has 1 amide bonds. The highest BCUT2D eigenvalue weighted by Gasteiger charge is 2.29. The third-order valence-corrected chi connectivity index (χ3v) is 5.44. The number of piperazine rings is 1. The van der Waals surface area contributed by atoms with E-state index in [1.54, 1.807) is 21.9 Å². The molecule has 0 aliphatic carbocycles. The molecular formula is C20H23FN4O5. The van der Waals surface area contributed by atoms with Gasteiger partial charge in [-0.15, -0.1) is 0 Å². The zero-order valence-electron chi connectivity index (χ0n) is 16.4. The van der Waals surface area contributed by atoms with Gasteiger partial charge in [0, 0.05) is 39.3 Å². The van der Waals surface area contributed by atoms with E-state index in [2.05, 4.69) is 5.32 Å². The van der Waals surface area contributed by atoms with E-state index in [1.807, 2.05) is 0 Å². The summed E-state index contributed by atoms with van der Waals surface area (Å²) in [6.45, 7) is 2.69. The number of hydrogen-bond acceptors (Lipinski definition) is 7. The van der Waals surface area contributed by atoms with Gasteiger partial charge in [-0.3, -0.25) is 14.9 Å². The molecule has 1 N–H and O–H groups in total. The second-order valence-electron chi connectivity index (χ2n) is 7.35. The third kappa shape index (κ3) is 4.23. The number of furan rings is 1. The van der Waals surface area contributed by atoms with Crippen molar-refractivity contribution in [2.24, 2.45) is 0 Å². The number of ether oxygens (including phenoxy) is 1. The van der Waals surface area contributed by atoms with Gasteiger partial charge in [0.05, 0.1) is 29.0 Å². The number of halogens is 1. The quantitative estimate of drug-likeness (QED) is 0.569. The Bertz CT molecular complexity index is 906. The molecule has 4 rings (SSSR count). The first kappa shape index (κ1) is 20.1. The Balaban J connectivity index is 1.48. The lowest BCUT2D eigenvalue weighted by molar-refractivity contribution is -0.384. The van der Waals surface area contributed by atoms with Crippen LogP contribution < -0.4 is 10.2 Å². The van der Waals surface area contributed by atoms with Crippen LogP contribution in [0.2, 0.25) is 0 Å². The molecule has 2 saturated heterocycles. The summed E-state index contributed by atoms with van der Waals surface area (Å²) in [5, 5.41) is 14.5. The Kier molecular flexibility index (Phi) is 5.84. The number of nitrogens with zero attached hydrogens (tertiary/aromatic N) is 3. The highest BCUT2D eigenvalue weighted by Crippen LogP contribution is 2.34. The van der Waals surface area contributed by atoms with E-state index >= 15 is 0 Å². The van der Waals surface area contributed by atoms with Gasteiger partial charge in [0.2, 0.25) is 0 Å². The summed E-state index contributed by atoms with van der Waals surface area (Å²) in [6.07, 6.45) is 3.33. The average molecular weight is 418 g/mol. The van der Waals surface area contributed by atoms with Crippen molar-refractivity contribution in [1.82, 2.24) is 4.90 Å². The maximum absolute atomic E-state index is 14.5. The predicted octanol–water partition coefficient (Wildman–Crippen LogP) is 2.88. The van der Waals surface area contributed by atoms with Gasteiger partial charge in [0.15, 0.2) is 11.6 Å². The van der Waals surface area contributed by atoms with Gasteiger partial charge >= 0.3 is 0 Å². The van der Waals surface area contributed by atoms with Gasteiger partial charge in [-0.25, -0.2) is 4.39 Å². The molecule has 2 aromatic rings. The van der Waals surface area contributed by atoms with Crippen LogP contribution in [0, 0.1) is 15.9 Å². The number of carbonyl (C=O) groups is 1. The molecule has 0 bridgehead atoms. The van der Waals surface area contributed by atoms with E-state index in [1.165, 1.54) is 12.3 Å². The van der Waals surface area contributed by atoms with Gasteiger partial charge in [0.25, 0.3) is 11.6 Å². The van der Waals surface area contributed by atoms with Crippen molar-refractivity contribution in [3.63, 3.8) is 0 Å². The fourth-order valence-electron chi connectivity index (χ4n) is 3.82. The zero-order valence-corrected chi connectivity index (χ0v) is 16.4. The monoisotopic (exact) mass is 418 g/mol. The predicted molar refractivity (Wildman–Crippen MR) is 107 cm³/mol. The smallest absolute Gasteiger partial charge is 0.295 e. The minimum absolute atomic E-state index is 0.0131. The number of amides is 1. The summed E-state index contributed by atoms with van der Waals surface area (Å²) in [5.74, 6) is -0.626. The Hall–Kier alpha value is -3.14. The highest BCUT2D eigenvalue weighted by molar-refractivity contribution is 5.91. The van der Waals surface area contributed by atoms with Crippen LogP contribution in [-0.2, 0) is 4.74 Å². The van der Waals surface area contributed by atoms with Crippen LogP contribution in [0.15, 0.2) is 34.9 Å². The topological polar surface area (TPSA) is 101 Å². The van der Waals surface area contributed by atoms with Crippen LogP contribution in [0.5, 0.6) is 0 Å². The Morgan fingerprint density at radius 1 is 1.30 bits per heavy atom. The summed E-state index contributed by atoms with van der Waals surface area (Å²) in [4.78, 5) is 26.8. The molecule has 0 saturated carbocycles. The maximum atomic E-state index is 14.5. The summed E-state index contributed by atoms with van der Waals surface area (Å²) in [7, 11) is 0. The number of benzene rings is 1. The fraction of sp³-hybridized carbons (Fsp3) is 0.450. The summed E-state index contributed by atoms with van der Waals surface area (Å²) in [5.41, 5.74) is 0.252. The molecule has 160 valence electrons. The SMILES string of the molecule is O=C(c1ccco1)N1CCN(c2cc(NC[C@@H]3CCCO3)c(F)cc2[N+](=O)[O-])CC1. The highest BCUT2D eigenvalue weighted by atomic mass is 19.1. The molecule has 3 heterocycles. The lowest BCUT2D eigenvalue weighted by Crippen LogP contribution is -2.48. The van der Waals surface area contributed by atoms with Crippen molar-refractivity contribution in [2.45, 2.75) is 18.9 Å². The fourth-order valence-corrected chi connectivity index (χ4v) is 3.82. The molecule has 30 heavy (non-hydrogen) atoms. The number of hydrogen-bond donors (Lipinski definition) is 1. The van der Waals surface area contributed by atoms with Crippen LogP contribution in [0.1, 0.15) is 23.4 Å². The first-order valence-electron chi connectivity index (χ1n) is 9.94. The van der Waals surface area contributed by atoms with Gasteiger partial charge in [-0.1, -0.05) is 0 Å². The average Bonchev–Trinajstić information content (AvgIpc) is 3.46. The number of anilines is 2. The Labute approximate surface area is 172 Å². The van der Waals surface area contributed by atoms with Crippen LogP contribution in [0.3, 0.4) is 0 Å². The molecule has 1 aromatic heterocycles. The van der Waals surface area contributed by atoms with E-state index < -0.39 is 10.7 Å². The third-order valence-electron chi connectivity index (χ3n) is 5.44. The van der Waals surface area contributed by atoms with Gasteiger partial charge in [0.1, 0.15) is 5.69 Å². The van der Waals surface area contributed by atoms with Crippen molar-refractivity contribution >= 4 is 23.0 Å². The molecule has 0 unspecified atom stereocenters. The zero-order chi connectivity index (χ0) is 21.1. The molecule has 2 aliphatic heterocycles. The van der Waals surface area contributed by atoms with Gasteiger partial charge in [-0.05, 0) is 31.0 Å². The standard InChI is InChI=1S/C20H23FN4O5/c21-15-11-18(25(27)28)17(12-16(15)22-13-14-3-1-9-29-14)23-5-7-24(8-6-23)20(26)19-4-2-10-30-19/h2,4,10-12,14,22H,1,3,5-9,13H2/t14-/m0/s1. The summed E-state index contributed by atoms with van der Waals surface area (Å²) >= 11 is 0. The van der Waals surface area contributed by atoms with E-state index in [4.69, 9.17) is 9.15 Å². The van der Waals surface area contributed by atoms with E-state index in [9.17, 15) is 19.3 Å². The molecule has 0 radical (unpaired) electrons. The molecule has 2 fully saturated rings. The second-order valence-corrected chi connectivity index (χ2v) is 7.35. The second kappa shape index (κ2) is 8.70. The van der Waals surface area contributed by atoms with Crippen molar-refractivity contribution in [2.75, 3.05) is 49.5 Å². The minimum Gasteiger partial charge on any atom is -0.459 e. The van der Waals surface area contributed by atoms with Crippen molar-refractivity contribution < 1.29 is 23.3 Å². The van der Waals surface area contributed by atoms with Crippen molar-refractivity contribution in [3.05, 3.63) is 52.2 Å². The van der Waals surface area contributed by atoms with Gasteiger partial charge in [-0.2, -0.15) is 0 Å². The van der Waals surface area contributed by atoms with Crippen LogP contribution in [0.4, 0.5) is 21.5 Å². The van der Waals surface area contributed by atoms with Crippen LogP contribution in [-0.4, -0.2) is 61.2 Å². The number of nitro groups is 1. The molecule has 1 aromatic carbocycles. The van der Waals surface area contributed by atoms with E-state index in [0.717, 1.165) is 18.9 Å². The van der Waals surface area contributed by atoms with E-state index in [-0.39, 0.29) is 29.1 Å². The molecule has 1 atom stereocenters. The minimum atomic E-state index is -0.671. The number of carbonyl (C=O) groups excluding carboxylic acids is 1. The lowest BCUT2D eigenvalue weighted by Gasteiger charge is -2.35. The summed E-state index contributed by atoms with van der Waals surface area (Å²) < 4.78 is 25.2. The van der Waals surface area contributed by atoms with Crippen LogP contribution in [0.25, 0.3) is 0 Å². The molecule has 10 heteroatoms. The van der Waals surface area contributed by atoms with Gasteiger partial charge < -0.3 is 24.3 Å². The maximum Gasteiger partial charge on any atom is 0.295 e.